The molecule has 0 unspecified atom stereocenters. The molecule has 0 aliphatic rings. The summed E-state index contributed by atoms with van der Waals surface area (Å²) in [6.07, 6.45) is -0.763. The van der Waals surface area contributed by atoms with Crippen molar-refractivity contribution in [3.63, 3.8) is 0 Å². The number of carbonyl (C=O) groups excluding carboxylic acids is 3. The van der Waals surface area contributed by atoms with Gasteiger partial charge in [-0.25, -0.2) is 4.79 Å². The second kappa shape index (κ2) is 11.5. The quantitative estimate of drug-likeness (QED) is 0.482. The Bertz CT molecular complexity index is 1070. The fourth-order valence-corrected chi connectivity index (χ4v) is 3.16. The molecule has 170 valence electrons. The van der Waals surface area contributed by atoms with Crippen molar-refractivity contribution in [3.05, 3.63) is 96.1 Å². The Balaban J connectivity index is 1.73. The van der Waals surface area contributed by atoms with E-state index >= 15 is 0 Å². The highest BCUT2D eigenvalue weighted by Crippen LogP contribution is 2.19. The Hall–Kier alpha value is -4.13. The lowest BCUT2D eigenvalue weighted by Gasteiger charge is -2.22. The van der Waals surface area contributed by atoms with Gasteiger partial charge in [0, 0.05) is 11.3 Å². The lowest BCUT2D eigenvalue weighted by molar-refractivity contribution is -0.156. The van der Waals surface area contributed by atoms with Crippen LogP contribution in [0.3, 0.4) is 0 Å². The molecule has 0 aliphatic heterocycles. The predicted molar refractivity (Wildman–Crippen MR) is 125 cm³/mol. The number of hydrogen-bond acceptors (Lipinski definition) is 5. The fourth-order valence-electron chi connectivity index (χ4n) is 3.16. The highest BCUT2D eigenvalue weighted by Gasteiger charge is 2.29. The third kappa shape index (κ3) is 6.43. The van der Waals surface area contributed by atoms with Crippen LogP contribution in [0.25, 0.3) is 0 Å². The molecular formula is C26H26N2O5. The number of anilines is 1. The standard InChI is InChI=1S/C26H26N2O5/c1-3-22(25(30)27-20-14-16-21(32-2)17-15-20)33-26(31)23(18-10-6-4-7-11-18)28-24(29)19-12-8-5-9-13-19/h4-17,22-23H,3H2,1-2H3,(H,27,30)(H,28,29)/t22-,23-/m1/s1. The average molecular weight is 447 g/mol. The van der Waals surface area contributed by atoms with E-state index in [1.165, 1.54) is 0 Å². The number of benzene rings is 3. The van der Waals surface area contributed by atoms with E-state index in [9.17, 15) is 14.4 Å². The van der Waals surface area contributed by atoms with Crippen LogP contribution < -0.4 is 15.4 Å². The smallest absolute Gasteiger partial charge is 0.334 e. The van der Waals surface area contributed by atoms with Crippen molar-refractivity contribution in [2.75, 3.05) is 12.4 Å². The summed E-state index contributed by atoms with van der Waals surface area (Å²) in [7, 11) is 1.56. The van der Waals surface area contributed by atoms with Gasteiger partial charge in [-0.1, -0.05) is 55.5 Å². The fraction of sp³-hybridized carbons (Fsp3) is 0.192. The Labute approximate surface area is 192 Å². The summed E-state index contributed by atoms with van der Waals surface area (Å²) in [5.41, 5.74) is 1.51. The SMILES string of the molecule is CC[C@@H](OC(=O)[C@H](NC(=O)c1ccccc1)c1ccccc1)C(=O)Nc1ccc(OC)cc1. The van der Waals surface area contributed by atoms with E-state index in [0.29, 0.717) is 22.6 Å². The molecule has 0 aromatic heterocycles. The van der Waals surface area contributed by atoms with Crippen LogP contribution in [-0.4, -0.2) is 31.0 Å². The van der Waals surface area contributed by atoms with Crippen LogP contribution in [0.1, 0.15) is 35.3 Å². The summed E-state index contributed by atoms with van der Waals surface area (Å²) in [4.78, 5) is 38.5. The number of carbonyl (C=O) groups is 3. The zero-order valence-electron chi connectivity index (χ0n) is 18.5. The molecule has 0 aliphatic carbocycles. The molecule has 2 amide bonds. The van der Waals surface area contributed by atoms with Gasteiger partial charge in [0.2, 0.25) is 0 Å². The monoisotopic (exact) mass is 446 g/mol. The molecule has 3 aromatic rings. The van der Waals surface area contributed by atoms with Crippen molar-refractivity contribution in [1.82, 2.24) is 5.32 Å². The van der Waals surface area contributed by atoms with Gasteiger partial charge in [-0.2, -0.15) is 0 Å². The molecule has 0 fully saturated rings. The Morgan fingerprint density at radius 3 is 2.03 bits per heavy atom. The molecule has 0 bridgehead atoms. The summed E-state index contributed by atoms with van der Waals surface area (Å²) < 4.78 is 10.7. The Kier molecular flexibility index (Phi) is 8.18. The second-order valence-electron chi connectivity index (χ2n) is 7.23. The van der Waals surface area contributed by atoms with Crippen molar-refractivity contribution in [2.45, 2.75) is 25.5 Å². The van der Waals surface area contributed by atoms with Gasteiger partial charge in [0.25, 0.3) is 11.8 Å². The Morgan fingerprint density at radius 2 is 1.45 bits per heavy atom. The maximum absolute atomic E-state index is 13.1. The molecule has 33 heavy (non-hydrogen) atoms. The second-order valence-corrected chi connectivity index (χ2v) is 7.23. The molecule has 0 heterocycles. The number of ether oxygens (including phenoxy) is 2. The molecule has 7 nitrogen and oxygen atoms in total. The van der Waals surface area contributed by atoms with E-state index in [0.717, 1.165) is 0 Å². The molecular weight excluding hydrogens is 420 g/mol. The maximum Gasteiger partial charge on any atom is 0.334 e. The number of esters is 1. The van der Waals surface area contributed by atoms with Gasteiger partial charge in [-0.3, -0.25) is 9.59 Å². The topological polar surface area (TPSA) is 93.7 Å². The highest BCUT2D eigenvalue weighted by atomic mass is 16.5. The number of methoxy groups -OCH3 is 1. The molecule has 0 spiro atoms. The van der Waals surface area contributed by atoms with Gasteiger partial charge >= 0.3 is 5.97 Å². The molecule has 2 N–H and O–H groups in total. The minimum Gasteiger partial charge on any atom is -0.497 e. The number of amides is 2. The highest BCUT2D eigenvalue weighted by molar-refractivity contribution is 5.98. The summed E-state index contributed by atoms with van der Waals surface area (Å²) in [6, 6.07) is 23.1. The average Bonchev–Trinajstić information content (AvgIpc) is 2.87. The van der Waals surface area contributed by atoms with Crippen LogP contribution in [0.4, 0.5) is 5.69 Å². The molecule has 0 saturated carbocycles. The van der Waals surface area contributed by atoms with Crippen molar-refractivity contribution in [3.8, 4) is 5.75 Å². The van der Waals surface area contributed by atoms with Crippen LogP contribution in [0.5, 0.6) is 5.75 Å². The molecule has 3 rings (SSSR count). The summed E-state index contributed by atoms with van der Waals surface area (Å²) in [5, 5.41) is 5.46. The normalized spacial score (nSPS) is 12.2. The van der Waals surface area contributed by atoms with E-state index < -0.39 is 29.9 Å². The summed E-state index contributed by atoms with van der Waals surface area (Å²) >= 11 is 0. The molecule has 0 saturated heterocycles. The van der Waals surface area contributed by atoms with Crippen LogP contribution >= 0.6 is 0 Å². The first-order valence-electron chi connectivity index (χ1n) is 10.6. The maximum atomic E-state index is 13.1. The van der Waals surface area contributed by atoms with Crippen molar-refractivity contribution < 1.29 is 23.9 Å². The van der Waals surface area contributed by atoms with E-state index in [1.807, 2.05) is 6.07 Å². The van der Waals surface area contributed by atoms with Crippen LogP contribution in [0.15, 0.2) is 84.9 Å². The van der Waals surface area contributed by atoms with E-state index in [-0.39, 0.29) is 6.42 Å². The zero-order valence-corrected chi connectivity index (χ0v) is 18.5. The van der Waals surface area contributed by atoms with Gasteiger partial charge in [0.05, 0.1) is 7.11 Å². The molecule has 3 aromatic carbocycles. The minimum absolute atomic E-state index is 0.266. The van der Waals surface area contributed by atoms with E-state index in [2.05, 4.69) is 10.6 Å². The third-order valence-electron chi connectivity index (χ3n) is 4.96. The first kappa shape index (κ1) is 23.5. The lowest BCUT2D eigenvalue weighted by atomic mass is 10.1. The van der Waals surface area contributed by atoms with Crippen molar-refractivity contribution >= 4 is 23.5 Å². The number of nitrogens with one attached hydrogen (secondary N) is 2. The number of rotatable bonds is 9. The Morgan fingerprint density at radius 1 is 0.848 bits per heavy atom. The van der Waals surface area contributed by atoms with E-state index in [4.69, 9.17) is 9.47 Å². The summed E-state index contributed by atoms with van der Waals surface area (Å²) in [6.45, 7) is 1.74. The largest absolute Gasteiger partial charge is 0.497 e. The third-order valence-corrected chi connectivity index (χ3v) is 4.96. The van der Waals surface area contributed by atoms with Gasteiger partial charge < -0.3 is 20.1 Å². The van der Waals surface area contributed by atoms with Gasteiger partial charge in [-0.15, -0.1) is 0 Å². The minimum atomic E-state index is -1.07. The first-order chi connectivity index (χ1) is 16.0. The zero-order chi connectivity index (χ0) is 23.6. The van der Waals surface area contributed by atoms with Crippen LogP contribution in [0, 0.1) is 0 Å². The predicted octanol–water partition coefficient (Wildman–Crippen LogP) is 4.13. The van der Waals surface area contributed by atoms with Crippen LogP contribution in [-0.2, 0) is 14.3 Å². The van der Waals surface area contributed by atoms with Crippen LogP contribution in [0.2, 0.25) is 0 Å². The van der Waals surface area contributed by atoms with E-state index in [1.54, 1.807) is 92.9 Å². The molecule has 2 atom stereocenters. The van der Waals surface area contributed by atoms with Crippen molar-refractivity contribution in [2.24, 2.45) is 0 Å². The first-order valence-corrected chi connectivity index (χ1v) is 10.6. The van der Waals surface area contributed by atoms with Gasteiger partial charge in [0.1, 0.15) is 5.75 Å². The van der Waals surface area contributed by atoms with Gasteiger partial charge in [0.15, 0.2) is 12.1 Å². The summed E-state index contributed by atoms with van der Waals surface area (Å²) in [5.74, 6) is -0.942. The molecule has 7 heteroatoms. The molecule has 0 radical (unpaired) electrons. The van der Waals surface area contributed by atoms with Crippen molar-refractivity contribution in [1.29, 1.82) is 0 Å². The lowest BCUT2D eigenvalue weighted by Crippen LogP contribution is -2.39. The number of hydrogen-bond donors (Lipinski definition) is 2. The van der Waals surface area contributed by atoms with Gasteiger partial charge in [-0.05, 0) is 48.4 Å².